The van der Waals surface area contributed by atoms with Crippen LogP contribution < -0.4 is 0 Å². The molecule has 0 aromatic rings. The van der Waals surface area contributed by atoms with E-state index in [0.29, 0.717) is 0 Å². The van der Waals surface area contributed by atoms with Crippen molar-refractivity contribution in [2.45, 2.75) is 122 Å². The van der Waals surface area contributed by atoms with E-state index in [4.69, 9.17) is 11.7 Å². The molecular formula is C22H45OZr+2. The molecule has 0 heterocycles. The van der Waals surface area contributed by atoms with E-state index in [9.17, 15) is 0 Å². The zero-order valence-corrected chi connectivity index (χ0v) is 19.3. The molecule has 0 spiro atoms. The van der Waals surface area contributed by atoms with Gasteiger partial charge in [-0.2, -0.15) is 0 Å². The van der Waals surface area contributed by atoms with Crippen LogP contribution in [0.5, 0.6) is 0 Å². The Morgan fingerprint density at radius 1 is 0.625 bits per heavy atom. The molecule has 0 aromatic carbocycles. The summed E-state index contributed by atoms with van der Waals surface area (Å²) < 4.78 is 0. The predicted octanol–water partition coefficient (Wildman–Crippen LogP) is 7.62. The van der Waals surface area contributed by atoms with Gasteiger partial charge in [0.2, 0.25) is 0 Å². The van der Waals surface area contributed by atoms with Gasteiger partial charge in [0.1, 0.15) is 0 Å². The SMILES string of the molecule is C1CCCC1.C1CCCC1.CO.[CH-]=CCCCCCCCCC.[Zr+3]. The number of aliphatic hydroxyl groups is 1. The zero-order chi connectivity index (χ0) is 17.4. The van der Waals surface area contributed by atoms with Crippen LogP contribution in [0.25, 0.3) is 0 Å². The Morgan fingerprint density at radius 2 is 0.917 bits per heavy atom. The quantitative estimate of drug-likeness (QED) is 0.318. The van der Waals surface area contributed by atoms with Crippen molar-refractivity contribution in [3.63, 3.8) is 0 Å². The van der Waals surface area contributed by atoms with Crippen molar-refractivity contribution in [3.05, 3.63) is 12.7 Å². The molecule has 0 amide bonds. The van der Waals surface area contributed by atoms with Gasteiger partial charge in [-0.15, -0.1) is 0 Å². The predicted molar refractivity (Wildman–Crippen MR) is 106 cm³/mol. The Morgan fingerprint density at radius 3 is 1.21 bits per heavy atom. The fourth-order valence-electron chi connectivity index (χ4n) is 2.99. The summed E-state index contributed by atoms with van der Waals surface area (Å²) in [6.45, 7) is 7.52. The summed E-state index contributed by atoms with van der Waals surface area (Å²) in [5.74, 6) is 0. The van der Waals surface area contributed by atoms with Crippen LogP contribution in [0.1, 0.15) is 122 Å². The molecule has 1 nitrogen and oxygen atoms in total. The van der Waals surface area contributed by atoms with Crippen molar-refractivity contribution in [2.24, 2.45) is 0 Å². The molecule has 2 heteroatoms. The molecule has 0 aromatic heterocycles. The van der Waals surface area contributed by atoms with Gasteiger partial charge in [0.15, 0.2) is 0 Å². The third-order valence-corrected chi connectivity index (χ3v) is 4.47. The summed E-state index contributed by atoms with van der Waals surface area (Å²) >= 11 is 0. The first-order valence-corrected chi connectivity index (χ1v) is 10.4. The van der Waals surface area contributed by atoms with Crippen molar-refractivity contribution >= 4 is 0 Å². The minimum atomic E-state index is 0. The Kier molecular flexibility index (Phi) is 38.4. The number of aliphatic hydroxyl groups excluding tert-OH is 1. The van der Waals surface area contributed by atoms with Crippen LogP contribution >= 0.6 is 0 Å². The molecule has 2 aliphatic rings. The molecule has 24 heavy (non-hydrogen) atoms. The largest absolute Gasteiger partial charge is 3.00 e. The van der Waals surface area contributed by atoms with Crippen LogP contribution in [0.15, 0.2) is 6.08 Å². The summed E-state index contributed by atoms with van der Waals surface area (Å²) in [6, 6.07) is 0. The number of allylic oxidation sites excluding steroid dienone is 1. The van der Waals surface area contributed by atoms with E-state index in [0.717, 1.165) is 13.5 Å². The molecule has 0 bridgehead atoms. The second-order valence-electron chi connectivity index (χ2n) is 6.68. The molecule has 1 radical (unpaired) electrons. The van der Waals surface area contributed by atoms with E-state index in [1.165, 1.54) is 109 Å². The van der Waals surface area contributed by atoms with E-state index in [1.54, 1.807) is 6.08 Å². The van der Waals surface area contributed by atoms with Crippen LogP contribution in [0.4, 0.5) is 0 Å². The molecule has 2 rings (SSSR count). The average molecular weight is 417 g/mol. The van der Waals surface area contributed by atoms with E-state index in [1.807, 2.05) is 0 Å². The standard InChI is InChI=1S/C11H21.2C5H10.CH4O.Zr/c1-3-5-7-9-11-10-8-6-4-2;2*1-2-4-5-3-1;1-2;/h1,3H,4-11H2,2H3;2*1-5H2;2H,1H3;/q-1;;;;+3. The Bertz CT molecular complexity index is 161. The van der Waals surface area contributed by atoms with Gasteiger partial charge in [0.25, 0.3) is 0 Å². The number of rotatable bonds is 8. The van der Waals surface area contributed by atoms with Crippen LogP contribution in [0.3, 0.4) is 0 Å². The van der Waals surface area contributed by atoms with Crippen LogP contribution in [-0.4, -0.2) is 12.2 Å². The minimum absolute atomic E-state index is 0. The molecule has 2 aliphatic carbocycles. The summed E-state index contributed by atoms with van der Waals surface area (Å²) in [5.41, 5.74) is 0. The summed E-state index contributed by atoms with van der Waals surface area (Å²) in [5, 5.41) is 7.00. The zero-order valence-electron chi connectivity index (χ0n) is 16.8. The van der Waals surface area contributed by atoms with Crippen molar-refractivity contribution in [3.8, 4) is 0 Å². The van der Waals surface area contributed by atoms with Crippen LogP contribution in [-0.2, 0) is 26.2 Å². The number of unbranched alkanes of at least 4 members (excludes halogenated alkanes) is 7. The summed E-state index contributed by atoms with van der Waals surface area (Å²) in [4.78, 5) is 0. The minimum Gasteiger partial charge on any atom is -0.518 e. The van der Waals surface area contributed by atoms with Crippen LogP contribution in [0.2, 0.25) is 0 Å². The summed E-state index contributed by atoms with van der Waals surface area (Å²) in [7, 11) is 1.00. The molecule has 2 saturated carbocycles. The van der Waals surface area contributed by atoms with Crippen molar-refractivity contribution in [1.29, 1.82) is 0 Å². The molecule has 141 valence electrons. The maximum Gasteiger partial charge on any atom is 3.00 e. The fraction of sp³-hybridized carbons (Fsp3) is 0.909. The first kappa shape index (κ1) is 29.4. The third-order valence-electron chi connectivity index (χ3n) is 4.47. The smallest absolute Gasteiger partial charge is 0.518 e. The first-order valence-electron chi connectivity index (χ1n) is 10.4. The Labute approximate surface area is 173 Å². The Hall–Kier alpha value is 0.583. The van der Waals surface area contributed by atoms with Gasteiger partial charge < -0.3 is 11.7 Å². The Balaban J connectivity index is -0.000000282. The molecule has 0 aliphatic heterocycles. The van der Waals surface area contributed by atoms with E-state index in [2.05, 4.69) is 6.92 Å². The van der Waals surface area contributed by atoms with Gasteiger partial charge in [0.05, 0.1) is 0 Å². The number of hydrogen-bond donors (Lipinski definition) is 1. The topological polar surface area (TPSA) is 20.2 Å². The average Bonchev–Trinajstić information content (AvgIpc) is 3.34. The van der Waals surface area contributed by atoms with Gasteiger partial charge in [-0.3, -0.25) is 6.08 Å². The second kappa shape index (κ2) is 31.4. The van der Waals surface area contributed by atoms with Crippen molar-refractivity contribution in [2.75, 3.05) is 7.11 Å². The second-order valence-corrected chi connectivity index (χ2v) is 6.68. The number of hydrogen-bond acceptors (Lipinski definition) is 1. The molecule has 2 fully saturated rings. The van der Waals surface area contributed by atoms with E-state index in [-0.39, 0.29) is 26.2 Å². The van der Waals surface area contributed by atoms with Gasteiger partial charge >= 0.3 is 26.2 Å². The molecule has 0 saturated heterocycles. The third kappa shape index (κ3) is 30.5. The van der Waals surface area contributed by atoms with Gasteiger partial charge in [0, 0.05) is 7.11 Å². The van der Waals surface area contributed by atoms with Gasteiger partial charge in [-0.25, -0.2) is 0 Å². The monoisotopic (exact) mass is 415 g/mol. The van der Waals surface area contributed by atoms with Gasteiger partial charge in [-0.05, 0) is 0 Å². The molecule has 0 unspecified atom stereocenters. The first-order chi connectivity index (χ1) is 11.4. The molecule has 0 atom stereocenters. The molecular weight excluding hydrogens is 371 g/mol. The van der Waals surface area contributed by atoms with Crippen molar-refractivity contribution < 1.29 is 31.3 Å². The van der Waals surface area contributed by atoms with E-state index >= 15 is 0 Å². The maximum absolute atomic E-state index is 7.00. The van der Waals surface area contributed by atoms with Crippen molar-refractivity contribution in [1.82, 2.24) is 0 Å². The van der Waals surface area contributed by atoms with Gasteiger partial charge in [-0.1, -0.05) is 122 Å². The van der Waals surface area contributed by atoms with E-state index < -0.39 is 0 Å². The van der Waals surface area contributed by atoms with Crippen LogP contribution in [0, 0.1) is 6.58 Å². The fourth-order valence-corrected chi connectivity index (χ4v) is 2.99. The maximum atomic E-state index is 7.00. The summed E-state index contributed by atoms with van der Waals surface area (Å²) in [6.07, 6.45) is 27.5. The molecule has 1 N–H and O–H groups in total. The normalized spacial score (nSPS) is 14.8.